The zero-order chi connectivity index (χ0) is 15.5. The molecule has 0 radical (unpaired) electrons. The van der Waals surface area contributed by atoms with Gasteiger partial charge in [-0.15, -0.1) is 0 Å². The van der Waals surface area contributed by atoms with Crippen molar-refractivity contribution in [1.29, 1.82) is 0 Å². The maximum atomic E-state index is 14.3. The van der Waals surface area contributed by atoms with Crippen LogP contribution in [0.2, 0.25) is 0 Å². The summed E-state index contributed by atoms with van der Waals surface area (Å²) >= 11 is 0. The van der Waals surface area contributed by atoms with E-state index in [1.807, 2.05) is 0 Å². The van der Waals surface area contributed by atoms with E-state index in [1.165, 1.54) is 56.7 Å². The van der Waals surface area contributed by atoms with Gasteiger partial charge >= 0.3 is 5.92 Å². The number of carbonyl (C=O) groups excluding carboxylic acids is 1. The monoisotopic (exact) mass is 292 g/mol. The third-order valence-corrected chi connectivity index (χ3v) is 3.07. The summed E-state index contributed by atoms with van der Waals surface area (Å²) in [5, 5.41) is 0. The number of Topliss-reactive ketones (excluding diaryl/α,β-unsaturated/α-hetero) is 1. The van der Waals surface area contributed by atoms with Crippen LogP contribution in [0, 0.1) is 0 Å². The lowest BCUT2D eigenvalue weighted by atomic mass is 9.98. The van der Waals surface area contributed by atoms with E-state index in [4.69, 9.17) is 9.47 Å². The highest BCUT2D eigenvalue weighted by Gasteiger charge is 2.41. The van der Waals surface area contributed by atoms with E-state index in [0.29, 0.717) is 11.5 Å². The van der Waals surface area contributed by atoms with Crippen molar-refractivity contribution in [3.8, 4) is 11.5 Å². The minimum atomic E-state index is -3.61. The Bertz CT molecular complexity index is 636. The summed E-state index contributed by atoms with van der Waals surface area (Å²) in [4.78, 5) is 12.1. The molecule has 0 aliphatic heterocycles. The summed E-state index contributed by atoms with van der Waals surface area (Å²) in [5.74, 6) is -4.08. The van der Waals surface area contributed by atoms with Gasteiger partial charge in [-0.25, -0.2) is 0 Å². The molecule has 0 atom stereocenters. The predicted octanol–water partition coefficient (Wildman–Crippen LogP) is 3.68. The summed E-state index contributed by atoms with van der Waals surface area (Å²) in [6.45, 7) is 0. The van der Waals surface area contributed by atoms with E-state index in [-0.39, 0.29) is 11.1 Å². The van der Waals surface area contributed by atoms with Crippen LogP contribution in [0.15, 0.2) is 48.5 Å². The largest absolute Gasteiger partial charge is 0.497 e. The minimum Gasteiger partial charge on any atom is -0.497 e. The molecule has 2 rings (SSSR count). The molecule has 3 nitrogen and oxygen atoms in total. The van der Waals surface area contributed by atoms with Crippen LogP contribution >= 0.6 is 0 Å². The lowest BCUT2D eigenvalue weighted by Crippen LogP contribution is -2.26. The second kappa shape index (κ2) is 5.91. The molecule has 0 fully saturated rings. The molecule has 0 aliphatic carbocycles. The Morgan fingerprint density at radius 2 is 1.57 bits per heavy atom. The zero-order valence-corrected chi connectivity index (χ0v) is 11.6. The van der Waals surface area contributed by atoms with Crippen LogP contribution in [-0.2, 0) is 5.92 Å². The number of rotatable bonds is 5. The summed E-state index contributed by atoms with van der Waals surface area (Å²) < 4.78 is 38.4. The average molecular weight is 292 g/mol. The van der Waals surface area contributed by atoms with Crippen molar-refractivity contribution in [1.82, 2.24) is 0 Å². The van der Waals surface area contributed by atoms with Gasteiger partial charge in [0.1, 0.15) is 11.5 Å². The number of hydrogen-bond donors (Lipinski definition) is 0. The van der Waals surface area contributed by atoms with Crippen LogP contribution in [0.1, 0.15) is 15.9 Å². The highest BCUT2D eigenvalue weighted by molar-refractivity contribution is 6.02. The molecule has 0 aromatic heterocycles. The quantitative estimate of drug-likeness (QED) is 0.789. The normalized spacial score (nSPS) is 11.0. The molecular formula is C16H14F2O3. The fourth-order valence-corrected chi connectivity index (χ4v) is 1.88. The Morgan fingerprint density at radius 3 is 2.14 bits per heavy atom. The van der Waals surface area contributed by atoms with E-state index in [2.05, 4.69) is 0 Å². The number of alkyl halides is 2. The standard InChI is InChI=1S/C16H14F2O3/c1-20-13-8-6-12(7-9-13)16(17,18)15(19)11-4-3-5-14(10-11)21-2/h3-10H,1-2H3. The van der Waals surface area contributed by atoms with Crippen molar-refractivity contribution >= 4 is 5.78 Å². The van der Waals surface area contributed by atoms with Crippen molar-refractivity contribution in [3.05, 3.63) is 59.7 Å². The summed E-state index contributed by atoms with van der Waals surface area (Å²) in [5.41, 5.74) is -0.480. The molecule has 0 N–H and O–H groups in total. The zero-order valence-electron chi connectivity index (χ0n) is 11.6. The van der Waals surface area contributed by atoms with Crippen molar-refractivity contribution in [2.75, 3.05) is 14.2 Å². The fraction of sp³-hybridized carbons (Fsp3) is 0.188. The molecule has 2 aromatic carbocycles. The van der Waals surface area contributed by atoms with Gasteiger partial charge in [0.05, 0.1) is 14.2 Å². The molecule has 0 amide bonds. The van der Waals surface area contributed by atoms with Gasteiger partial charge < -0.3 is 9.47 Å². The highest BCUT2D eigenvalue weighted by atomic mass is 19.3. The number of ether oxygens (including phenoxy) is 2. The first kappa shape index (κ1) is 15.0. The van der Waals surface area contributed by atoms with Gasteiger partial charge in [0.15, 0.2) is 0 Å². The summed E-state index contributed by atoms with van der Waals surface area (Å²) in [7, 11) is 2.85. The van der Waals surface area contributed by atoms with Crippen LogP contribution in [0.3, 0.4) is 0 Å². The van der Waals surface area contributed by atoms with Crippen molar-refractivity contribution in [2.24, 2.45) is 0 Å². The first-order chi connectivity index (χ1) is 9.98. The Kier molecular flexibility index (Phi) is 4.21. The van der Waals surface area contributed by atoms with E-state index in [9.17, 15) is 13.6 Å². The fourth-order valence-electron chi connectivity index (χ4n) is 1.88. The maximum Gasteiger partial charge on any atom is 0.334 e. The average Bonchev–Trinajstić information content (AvgIpc) is 2.54. The first-order valence-corrected chi connectivity index (χ1v) is 6.20. The molecule has 0 saturated carbocycles. The topological polar surface area (TPSA) is 35.5 Å². The van der Waals surface area contributed by atoms with Gasteiger partial charge in [-0.1, -0.05) is 12.1 Å². The lowest BCUT2D eigenvalue weighted by molar-refractivity contribution is 0.00739. The molecule has 110 valence electrons. The Morgan fingerprint density at radius 1 is 0.952 bits per heavy atom. The van der Waals surface area contributed by atoms with E-state index in [1.54, 1.807) is 6.07 Å². The third-order valence-electron chi connectivity index (χ3n) is 3.07. The highest BCUT2D eigenvalue weighted by Crippen LogP contribution is 2.33. The number of hydrogen-bond acceptors (Lipinski definition) is 3. The van der Waals surface area contributed by atoms with E-state index in [0.717, 1.165) is 0 Å². The molecule has 21 heavy (non-hydrogen) atoms. The first-order valence-electron chi connectivity index (χ1n) is 6.20. The second-order valence-electron chi connectivity index (χ2n) is 4.36. The van der Waals surface area contributed by atoms with Crippen LogP contribution in [-0.4, -0.2) is 20.0 Å². The molecule has 5 heteroatoms. The van der Waals surface area contributed by atoms with E-state index < -0.39 is 11.7 Å². The molecule has 0 bridgehead atoms. The minimum absolute atomic E-state index is 0.102. The Hall–Kier alpha value is -2.43. The number of carbonyl (C=O) groups is 1. The number of halogens is 2. The van der Waals surface area contributed by atoms with Crippen molar-refractivity contribution in [2.45, 2.75) is 5.92 Å². The summed E-state index contributed by atoms with van der Waals surface area (Å²) in [6.07, 6.45) is 0. The van der Waals surface area contributed by atoms with Gasteiger partial charge in [0.2, 0.25) is 5.78 Å². The number of ketones is 1. The Balaban J connectivity index is 2.34. The molecule has 0 spiro atoms. The molecule has 0 aliphatic rings. The van der Waals surface area contributed by atoms with Crippen LogP contribution < -0.4 is 9.47 Å². The molecule has 0 unspecified atom stereocenters. The van der Waals surface area contributed by atoms with Crippen molar-refractivity contribution < 1.29 is 23.0 Å². The van der Waals surface area contributed by atoms with E-state index >= 15 is 0 Å². The van der Waals surface area contributed by atoms with Gasteiger partial charge in [-0.05, 0) is 36.4 Å². The number of methoxy groups -OCH3 is 2. The maximum absolute atomic E-state index is 14.3. The number of benzene rings is 2. The third kappa shape index (κ3) is 3.02. The van der Waals surface area contributed by atoms with Gasteiger partial charge in [0, 0.05) is 11.1 Å². The SMILES string of the molecule is COc1ccc(C(F)(F)C(=O)c2cccc(OC)c2)cc1. The van der Waals surface area contributed by atoms with Gasteiger partial charge in [-0.3, -0.25) is 4.79 Å². The van der Waals surface area contributed by atoms with Crippen molar-refractivity contribution in [3.63, 3.8) is 0 Å². The van der Waals surface area contributed by atoms with Crippen LogP contribution in [0.5, 0.6) is 11.5 Å². The summed E-state index contributed by atoms with van der Waals surface area (Å²) in [6, 6.07) is 10.8. The molecular weight excluding hydrogens is 278 g/mol. The molecule has 0 heterocycles. The Labute approximate surface area is 121 Å². The van der Waals surface area contributed by atoms with Crippen LogP contribution in [0.4, 0.5) is 8.78 Å². The lowest BCUT2D eigenvalue weighted by Gasteiger charge is -2.16. The second-order valence-corrected chi connectivity index (χ2v) is 4.36. The van der Waals surface area contributed by atoms with Gasteiger partial charge in [0.25, 0.3) is 0 Å². The molecule has 0 saturated heterocycles. The van der Waals surface area contributed by atoms with Crippen LogP contribution in [0.25, 0.3) is 0 Å². The predicted molar refractivity (Wildman–Crippen MR) is 74.2 cm³/mol. The molecule has 2 aromatic rings. The van der Waals surface area contributed by atoms with Gasteiger partial charge in [-0.2, -0.15) is 8.78 Å². The smallest absolute Gasteiger partial charge is 0.334 e.